The summed E-state index contributed by atoms with van der Waals surface area (Å²) in [7, 11) is 0. The fourth-order valence-electron chi connectivity index (χ4n) is 1.65. The molecule has 0 amide bonds. The standard InChI is InChI=1S/C13H18O3/c1-4-6-10-7-9(3)12(14)11(8-10)13(15)16-5-2/h7-8,14H,4-6H2,1-3H3. The molecule has 1 rings (SSSR count). The summed E-state index contributed by atoms with van der Waals surface area (Å²) in [6.45, 7) is 5.93. The number of rotatable bonds is 4. The third kappa shape index (κ3) is 2.75. The summed E-state index contributed by atoms with van der Waals surface area (Å²) in [6.07, 6.45) is 1.90. The molecule has 3 heteroatoms. The summed E-state index contributed by atoms with van der Waals surface area (Å²) in [6, 6.07) is 3.62. The van der Waals surface area contributed by atoms with E-state index in [1.165, 1.54) is 0 Å². The van der Waals surface area contributed by atoms with Gasteiger partial charge in [-0.1, -0.05) is 19.4 Å². The highest BCUT2D eigenvalue weighted by atomic mass is 16.5. The molecule has 1 aromatic carbocycles. The lowest BCUT2D eigenvalue weighted by molar-refractivity contribution is 0.0522. The molecule has 0 saturated heterocycles. The second-order valence-corrected chi connectivity index (χ2v) is 3.78. The second-order valence-electron chi connectivity index (χ2n) is 3.78. The molecule has 16 heavy (non-hydrogen) atoms. The Bertz CT molecular complexity index is 383. The zero-order chi connectivity index (χ0) is 12.1. The van der Waals surface area contributed by atoms with Gasteiger partial charge in [-0.15, -0.1) is 0 Å². The van der Waals surface area contributed by atoms with E-state index in [2.05, 4.69) is 6.92 Å². The van der Waals surface area contributed by atoms with E-state index >= 15 is 0 Å². The summed E-state index contributed by atoms with van der Waals surface area (Å²) >= 11 is 0. The molecular weight excluding hydrogens is 204 g/mol. The SMILES string of the molecule is CCCc1cc(C)c(O)c(C(=O)OCC)c1. The Kier molecular flexibility index (Phi) is 4.35. The van der Waals surface area contributed by atoms with E-state index in [9.17, 15) is 9.90 Å². The molecule has 0 bridgehead atoms. The Balaban J connectivity index is 3.10. The molecule has 0 radical (unpaired) electrons. The van der Waals surface area contributed by atoms with Crippen molar-refractivity contribution in [3.63, 3.8) is 0 Å². The first-order valence-electron chi connectivity index (χ1n) is 5.59. The lowest BCUT2D eigenvalue weighted by Gasteiger charge is -2.09. The van der Waals surface area contributed by atoms with Gasteiger partial charge in [0.15, 0.2) is 0 Å². The number of esters is 1. The second kappa shape index (κ2) is 5.54. The van der Waals surface area contributed by atoms with Crippen molar-refractivity contribution in [1.29, 1.82) is 0 Å². The molecule has 0 unspecified atom stereocenters. The Morgan fingerprint density at radius 3 is 2.62 bits per heavy atom. The number of benzene rings is 1. The molecule has 0 aromatic heterocycles. The Morgan fingerprint density at radius 2 is 2.06 bits per heavy atom. The highest BCUT2D eigenvalue weighted by Gasteiger charge is 2.15. The minimum absolute atomic E-state index is 0.0262. The maximum absolute atomic E-state index is 11.6. The average Bonchev–Trinajstić information content (AvgIpc) is 2.23. The van der Waals surface area contributed by atoms with Gasteiger partial charge in [-0.25, -0.2) is 4.79 Å². The lowest BCUT2D eigenvalue weighted by atomic mass is 10.0. The van der Waals surface area contributed by atoms with Gasteiger partial charge in [-0.2, -0.15) is 0 Å². The van der Waals surface area contributed by atoms with Gasteiger partial charge < -0.3 is 9.84 Å². The highest BCUT2D eigenvalue weighted by molar-refractivity contribution is 5.93. The van der Waals surface area contributed by atoms with E-state index in [0.717, 1.165) is 18.4 Å². The van der Waals surface area contributed by atoms with Gasteiger partial charge in [0.2, 0.25) is 0 Å². The predicted octanol–water partition coefficient (Wildman–Crippen LogP) is 2.83. The van der Waals surface area contributed by atoms with Crippen LogP contribution < -0.4 is 0 Å². The Morgan fingerprint density at radius 1 is 1.38 bits per heavy atom. The van der Waals surface area contributed by atoms with Crippen LogP contribution in [0.1, 0.15) is 41.8 Å². The third-order valence-corrected chi connectivity index (χ3v) is 2.39. The average molecular weight is 222 g/mol. The fraction of sp³-hybridized carbons (Fsp3) is 0.462. The minimum Gasteiger partial charge on any atom is -0.507 e. The molecule has 0 fully saturated rings. The number of hydrogen-bond acceptors (Lipinski definition) is 3. The normalized spacial score (nSPS) is 10.2. The first kappa shape index (κ1) is 12.6. The summed E-state index contributed by atoms with van der Waals surface area (Å²) in [4.78, 5) is 11.6. The molecule has 0 saturated carbocycles. The van der Waals surface area contributed by atoms with Crippen LogP contribution in [0.25, 0.3) is 0 Å². The van der Waals surface area contributed by atoms with E-state index in [1.54, 1.807) is 19.9 Å². The number of aryl methyl sites for hydroxylation is 2. The first-order valence-corrected chi connectivity index (χ1v) is 5.59. The number of ether oxygens (including phenoxy) is 1. The topological polar surface area (TPSA) is 46.5 Å². The van der Waals surface area contributed by atoms with Gasteiger partial charge >= 0.3 is 5.97 Å². The summed E-state index contributed by atoms with van der Waals surface area (Å²) < 4.78 is 4.90. The van der Waals surface area contributed by atoms with Crippen molar-refractivity contribution in [1.82, 2.24) is 0 Å². The van der Waals surface area contributed by atoms with E-state index in [0.29, 0.717) is 12.2 Å². The third-order valence-electron chi connectivity index (χ3n) is 2.39. The van der Waals surface area contributed by atoms with E-state index in [-0.39, 0.29) is 11.3 Å². The highest BCUT2D eigenvalue weighted by Crippen LogP contribution is 2.25. The van der Waals surface area contributed by atoms with Crippen LogP contribution in [-0.2, 0) is 11.2 Å². The number of aromatic hydroxyl groups is 1. The molecule has 0 aliphatic heterocycles. The smallest absolute Gasteiger partial charge is 0.341 e. The Labute approximate surface area is 96.1 Å². The summed E-state index contributed by atoms with van der Waals surface area (Å²) in [5.41, 5.74) is 2.04. The van der Waals surface area contributed by atoms with Crippen LogP contribution in [0.3, 0.4) is 0 Å². The lowest BCUT2D eigenvalue weighted by Crippen LogP contribution is -2.06. The van der Waals surface area contributed by atoms with Crippen molar-refractivity contribution in [3.8, 4) is 5.75 Å². The van der Waals surface area contributed by atoms with Crippen LogP contribution in [0.4, 0.5) is 0 Å². The van der Waals surface area contributed by atoms with Gasteiger partial charge in [0.1, 0.15) is 11.3 Å². The molecule has 0 atom stereocenters. The van der Waals surface area contributed by atoms with Crippen molar-refractivity contribution < 1.29 is 14.6 Å². The van der Waals surface area contributed by atoms with Crippen LogP contribution in [-0.4, -0.2) is 17.7 Å². The maximum Gasteiger partial charge on any atom is 0.341 e. The van der Waals surface area contributed by atoms with E-state index < -0.39 is 5.97 Å². The maximum atomic E-state index is 11.6. The molecule has 0 heterocycles. The van der Waals surface area contributed by atoms with Gasteiger partial charge in [0, 0.05) is 0 Å². The van der Waals surface area contributed by atoms with Gasteiger partial charge in [-0.05, 0) is 37.5 Å². The van der Waals surface area contributed by atoms with Crippen LogP contribution >= 0.6 is 0 Å². The zero-order valence-electron chi connectivity index (χ0n) is 10.0. The number of hydrogen-bond donors (Lipinski definition) is 1. The molecule has 0 spiro atoms. The van der Waals surface area contributed by atoms with Crippen LogP contribution in [0, 0.1) is 6.92 Å². The van der Waals surface area contributed by atoms with Crippen LogP contribution in [0.2, 0.25) is 0 Å². The fourth-order valence-corrected chi connectivity index (χ4v) is 1.65. The van der Waals surface area contributed by atoms with Gasteiger partial charge in [0.25, 0.3) is 0 Å². The zero-order valence-corrected chi connectivity index (χ0v) is 10.0. The van der Waals surface area contributed by atoms with Crippen molar-refractivity contribution in [2.75, 3.05) is 6.61 Å². The molecular formula is C13H18O3. The summed E-state index contributed by atoms with van der Waals surface area (Å²) in [5, 5.41) is 9.79. The number of carbonyl (C=O) groups excluding carboxylic acids is 1. The number of carbonyl (C=O) groups is 1. The van der Waals surface area contributed by atoms with E-state index in [1.807, 2.05) is 6.07 Å². The van der Waals surface area contributed by atoms with Gasteiger partial charge in [0.05, 0.1) is 6.61 Å². The predicted molar refractivity (Wildman–Crippen MR) is 62.8 cm³/mol. The number of phenols is 1. The monoisotopic (exact) mass is 222 g/mol. The van der Waals surface area contributed by atoms with Crippen molar-refractivity contribution in [2.24, 2.45) is 0 Å². The van der Waals surface area contributed by atoms with Crippen molar-refractivity contribution in [3.05, 3.63) is 28.8 Å². The molecule has 0 aliphatic carbocycles. The largest absolute Gasteiger partial charge is 0.507 e. The quantitative estimate of drug-likeness (QED) is 0.797. The molecule has 0 aliphatic rings. The molecule has 3 nitrogen and oxygen atoms in total. The van der Waals surface area contributed by atoms with Gasteiger partial charge in [-0.3, -0.25) is 0 Å². The Hall–Kier alpha value is -1.51. The number of phenolic OH excluding ortho intramolecular Hbond substituents is 1. The molecule has 1 aromatic rings. The minimum atomic E-state index is -0.457. The van der Waals surface area contributed by atoms with Crippen molar-refractivity contribution >= 4 is 5.97 Å². The van der Waals surface area contributed by atoms with Crippen molar-refractivity contribution in [2.45, 2.75) is 33.6 Å². The van der Waals surface area contributed by atoms with Crippen LogP contribution in [0.15, 0.2) is 12.1 Å². The first-order chi connectivity index (χ1) is 7.60. The molecule has 1 N–H and O–H groups in total. The van der Waals surface area contributed by atoms with E-state index in [4.69, 9.17) is 4.74 Å². The van der Waals surface area contributed by atoms with Crippen LogP contribution in [0.5, 0.6) is 5.75 Å². The summed E-state index contributed by atoms with van der Waals surface area (Å²) in [5.74, 6) is -0.431. The molecule has 88 valence electrons.